The Labute approximate surface area is 118 Å². The molecule has 1 N–H and O–H groups in total. The number of carboxylic acid groups (broad SMARTS) is 1. The van der Waals surface area contributed by atoms with Crippen LogP contribution in [0.2, 0.25) is 0 Å². The summed E-state index contributed by atoms with van der Waals surface area (Å²) in [5.74, 6) is 0.158. The molecule has 1 aliphatic rings. The highest BCUT2D eigenvalue weighted by molar-refractivity contribution is 7.17. The fraction of sp³-hybridized carbons (Fsp3) is 0.714. The first-order valence-corrected chi connectivity index (χ1v) is 7.87. The van der Waals surface area contributed by atoms with Gasteiger partial charge in [-0.1, -0.05) is 31.6 Å². The van der Waals surface area contributed by atoms with Gasteiger partial charge in [0.1, 0.15) is 4.88 Å². The second-order valence-electron chi connectivity index (χ2n) is 5.34. The fourth-order valence-electron chi connectivity index (χ4n) is 2.09. The van der Waals surface area contributed by atoms with E-state index in [1.54, 1.807) is 0 Å². The van der Waals surface area contributed by atoms with Gasteiger partial charge in [-0.3, -0.25) is 0 Å². The monoisotopic (exact) mass is 282 g/mol. The van der Waals surface area contributed by atoms with Crippen molar-refractivity contribution in [2.75, 3.05) is 18.0 Å². The summed E-state index contributed by atoms with van der Waals surface area (Å²) in [7, 11) is 0. The van der Waals surface area contributed by atoms with E-state index in [4.69, 9.17) is 0 Å². The van der Waals surface area contributed by atoms with Gasteiger partial charge in [0.25, 0.3) is 0 Å². The SMILES string of the molecule is CCC(C)CN(CC)c1nc(C2CC2)c(C(=O)O)s1. The Morgan fingerprint density at radius 1 is 1.53 bits per heavy atom. The van der Waals surface area contributed by atoms with Crippen molar-refractivity contribution in [3.05, 3.63) is 10.6 Å². The molecule has 4 nitrogen and oxygen atoms in total. The molecule has 0 aliphatic heterocycles. The minimum atomic E-state index is -0.828. The van der Waals surface area contributed by atoms with Crippen LogP contribution in [0.1, 0.15) is 61.3 Å². The van der Waals surface area contributed by atoms with Crippen molar-refractivity contribution in [2.24, 2.45) is 5.92 Å². The van der Waals surface area contributed by atoms with E-state index in [1.807, 2.05) is 0 Å². The summed E-state index contributed by atoms with van der Waals surface area (Å²) in [5, 5.41) is 10.2. The smallest absolute Gasteiger partial charge is 0.347 e. The van der Waals surface area contributed by atoms with Gasteiger partial charge in [0.15, 0.2) is 5.13 Å². The zero-order valence-electron chi connectivity index (χ0n) is 11.8. The first-order chi connectivity index (χ1) is 9.06. The third kappa shape index (κ3) is 3.26. The second-order valence-corrected chi connectivity index (χ2v) is 6.32. The van der Waals surface area contributed by atoms with Crippen molar-refractivity contribution < 1.29 is 9.90 Å². The Kier molecular flexibility index (Phi) is 4.45. The molecule has 1 aromatic rings. The molecule has 1 fully saturated rings. The number of hydrogen-bond donors (Lipinski definition) is 1. The Morgan fingerprint density at radius 3 is 2.68 bits per heavy atom. The zero-order valence-corrected chi connectivity index (χ0v) is 12.7. The molecule has 0 saturated heterocycles. The van der Waals surface area contributed by atoms with Gasteiger partial charge in [0.05, 0.1) is 5.69 Å². The zero-order chi connectivity index (χ0) is 14.0. The van der Waals surface area contributed by atoms with Crippen LogP contribution in [0.4, 0.5) is 5.13 Å². The van der Waals surface area contributed by atoms with Gasteiger partial charge in [-0.2, -0.15) is 0 Å². The molecule has 5 heteroatoms. The van der Waals surface area contributed by atoms with E-state index in [0.717, 1.165) is 43.2 Å². The molecule has 0 spiro atoms. The lowest BCUT2D eigenvalue weighted by Crippen LogP contribution is -2.27. The highest BCUT2D eigenvalue weighted by Crippen LogP contribution is 2.44. The molecule has 0 aromatic carbocycles. The topological polar surface area (TPSA) is 53.4 Å². The number of rotatable bonds is 7. The average molecular weight is 282 g/mol. The van der Waals surface area contributed by atoms with Gasteiger partial charge in [-0.25, -0.2) is 9.78 Å². The van der Waals surface area contributed by atoms with Crippen molar-refractivity contribution >= 4 is 22.4 Å². The minimum absolute atomic E-state index is 0.387. The summed E-state index contributed by atoms with van der Waals surface area (Å²) in [6.45, 7) is 8.32. The molecular weight excluding hydrogens is 260 g/mol. The Bertz CT molecular complexity index is 454. The van der Waals surface area contributed by atoms with E-state index in [1.165, 1.54) is 11.3 Å². The van der Waals surface area contributed by atoms with Gasteiger partial charge in [-0.15, -0.1) is 0 Å². The molecule has 106 valence electrons. The number of hydrogen-bond acceptors (Lipinski definition) is 4. The molecule has 1 aromatic heterocycles. The van der Waals surface area contributed by atoms with Crippen LogP contribution in [-0.4, -0.2) is 29.1 Å². The van der Waals surface area contributed by atoms with Crippen molar-refractivity contribution in [1.29, 1.82) is 0 Å². The molecule has 19 heavy (non-hydrogen) atoms. The van der Waals surface area contributed by atoms with E-state index in [9.17, 15) is 9.90 Å². The molecule has 1 heterocycles. The number of carboxylic acids is 1. The average Bonchev–Trinajstić information content (AvgIpc) is 3.14. The van der Waals surface area contributed by atoms with Gasteiger partial charge >= 0.3 is 5.97 Å². The van der Waals surface area contributed by atoms with Crippen LogP contribution in [0.15, 0.2) is 0 Å². The van der Waals surface area contributed by atoms with E-state index in [2.05, 4.69) is 30.7 Å². The van der Waals surface area contributed by atoms with Gasteiger partial charge in [0.2, 0.25) is 0 Å². The molecule has 1 aliphatic carbocycles. The highest BCUT2D eigenvalue weighted by atomic mass is 32.1. The third-order valence-corrected chi connectivity index (χ3v) is 4.80. The van der Waals surface area contributed by atoms with Crippen LogP contribution in [0, 0.1) is 5.92 Å². The van der Waals surface area contributed by atoms with Gasteiger partial charge < -0.3 is 10.0 Å². The first-order valence-electron chi connectivity index (χ1n) is 7.05. The standard InChI is InChI=1S/C14H22N2O2S/c1-4-9(3)8-16(5-2)14-15-11(10-6-7-10)12(19-14)13(17)18/h9-10H,4-8H2,1-3H3,(H,17,18). The summed E-state index contributed by atoms with van der Waals surface area (Å²) >= 11 is 1.34. The second kappa shape index (κ2) is 5.90. The molecular formula is C14H22N2O2S. The lowest BCUT2D eigenvalue weighted by atomic mass is 10.1. The summed E-state index contributed by atoms with van der Waals surface area (Å²) in [6.07, 6.45) is 3.30. The van der Waals surface area contributed by atoms with E-state index in [0.29, 0.717) is 16.7 Å². The number of aromatic carboxylic acids is 1. The van der Waals surface area contributed by atoms with Crippen LogP contribution in [0.25, 0.3) is 0 Å². The molecule has 0 radical (unpaired) electrons. The van der Waals surface area contributed by atoms with Crippen LogP contribution in [0.3, 0.4) is 0 Å². The largest absolute Gasteiger partial charge is 0.477 e. The van der Waals surface area contributed by atoms with Crippen molar-refractivity contribution in [2.45, 2.75) is 46.0 Å². The van der Waals surface area contributed by atoms with Crippen molar-refractivity contribution in [3.63, 3.8) is 0 Å². The molecule has 0 amide bonds. The minimum Gasteiger partial charge on any atom is -0.477 e. The number of nitrogens with zero attached hydrogens (tertiary/aromatic N) is 2. The third-order valence-electron chi connectivity index (χ3n) is 3.68. The highest BCUT2D eigenvalue weighted by Gasteiger charge is 2.32. The van der Waals surface area contributed by atoms with Crippen LogP contribution >= 0.6 is 11.3 Å². The lowest BCUT2D eigenvalue weighted by Gasteiger charge is -2.23. The predicted octanol–water partition coefficient (Wildman–Crippen LogP) is 3.59. The normalized spacial score (nSPS) is 16.4. The number of thiazole rings is 1. The molecule has 1 atom stereocenters. The van der Waals surface area contributed by atoms with Crippen LogP contribution in [-0.2, 0) is 0 Å². The maximum Gasteiger partial charge on any atom is 0.347 e. The summed E-state index contributed by atoms with van der Waals surface area (Å²) in [5.41, 5.74) is 0.815. The maximum atomic E-state index is 11.3. The Hall–Kier alpha value is -1.10. The van der Waals surface area contributed by atoms with E-state index in [-0.39, 0.29) is 0 Å². The first kappa shape index (κ1) is 14.3. The number of carbonyl (C=O) groups is 1. The maximum absolute atomic E-state index is 11.3. The molecule has 2 rings (SSSR count). The van der Waals surface area contributed by atoms with Gasteiger partial charge in [0, 0.05) is 19.0 Å². The Balaban J connectivity index is 2.22. The van der Waals surface area contributed by atoms with Gasteiger partial charge in [-0.05, 0) is 25.7 Å². The molecule has 1 unspecified atom stereocenters. The summed E-state index contributed by atoms with van der Waals surface area (Å²) in [4.78, 5) is 18.6. The summed E-state index contributed by atoms with van der Waals surface area (Å²) < 4.78 is 0. The quantitative estimate of drug-likeness (QED) is 0.830. The number of aromatic nitrogens is 1. The lowest BCUT2D eigenvalue weighted by molar-refractivity contribution is 0.0700. The van der Waals surface area contributed by atoms with Crippen LogP contribution in [0.5, 0.6) is 0 Å². The van der Waals surface area contributed by atoms with Crippen molar-refractivity contribution in [1.82, 2.24) is 4.98 Å². The fourth-order valence-corrected chi connectivity index (χ4v) is 3.15. The number of anilines is 1. The van der Waals surface area contributed by atoms with Crippen molar-refractivity contribution in [3.8, 4) is 0 Å². The predicted molar refractivity (Wildman–Crippen MR) is 78.4 cm³/mol. The van der Waals surface area contributed by atoms with E-state index < -0.39 is 5.97 Å². The summed E-state index contributed by atoms with van der Waals surface area (Å²) in [6, 6.07) is 0. The molecule has 0 bridgehead atoms. The van der Waals surface area contributed by atoms with Crippen LogP contribution < -0.4 is 4.90 Å². The van der Waals surface area contributed by atoms with E-state index >= 15 is 0 Å². The Morgan fingerprint density at radius 2 is 2.21 bits per heavy atom. The molecule has 1 saturated carbocycles.